The molecule has 0 amide bonds. The van der Waals surface area contributed by atoms with Crippen molar-refractivity contribution < 1.29 is 4.79 Å². The van der Waals surface area contributed by atoms with Gasteiger partial charge in [0.2, 0.25) is 0 Å². The summed E-state index contributed by atoms with van der Waals surface area (Å²) in [4.78, 5) is 13.3. The summed E-state index contributed by atoms with van der Waals surface area (Å²) in [5.74, 6) is 1.13. The van der Waals surface area contributed by atoms with E-state index in [1.165, 1.54) is 5.56 Å². The molecule has 1 unspecified atom stereocenters. The Bertz CT molecular complexity index is 876. The Hall–Kier alpha value is -2.36. The van der Waals surface area contributed by atoms with Gasteiger partial charge in [0.25, 0.3) is 0 Å². The molecule has 0 fully saturated rings. The zero-order valence-electron chi connectivity index (χ0n) is 15.4. The smallest absolute Gasteiger partial charge is 0.162 e. The number of Topliss-reactive ketones (excluding diaryl/α,β-unsaturated/α-hetero) is 1. The summed E-state index contributed by atoms with van der Waals surface area (Å²) < 4.78 is 0. The van der Waals surface area contributed by atoms with Gasteiger partial charge in [0, 0.05) is 28.9 Å². The summed E-state index contributed by atoms with van der Waals surface area (Å²) in [6, 6.07) is 10.4. The molecule has 130 valence electrons. The molecule has 1 atom stereocenters. The molecule has 1 aliphatic carbocycles. The van der Waals surface area contributed by atoms with Gasteiger partial charge >= 0.3 is 0 Å². The average Bonchev–Trinajstić information content (AvgIpc) is 2.94. The molecule has 0 radical (unpaired) electrons. The molecule has 4 nitrogen and oxygen atoms in total. The zero-order valence-corrected chi connectivity index (χ0v) is 15.4. The molecular weight excluding hydrogens is 310 g/mol. The van der Waals surface area contributed by atoms with Crippen molar-refractivity contribution in [2.24, 2.45) is 5.41 Å². The summed E-state index contributed by atoms with van der Waals surface area (Å²) in [5, 5.41) is 11.1. The van der Waals surface area contributed by atoms with E-state index >= 15 is 0 Å². The largest absolute Gasteiger partial charge is 0.342 e. The predicted molar refractivity (Wildman–Crippen MR) is 99.5 cm³/mol. The van der Waals surface area contributed by atoms with Gasteiger partial charge in [0.15, 0.2) is 11.6 Å². The van der Waals surface area contributed by atoms with Crippen LogP contribution < -0.4 is 5.32 Å². The Balaban J connectivity index is 2.06. The first kappa shape index (κ1) is 16.1. The van der Waals surface area contributed by atoms with Crippen molar-refractivity contribution in [3.63, 3.8) is 0 Å². The number of carbonyl (C=O) groups is 1. The first-order chi connectivity index (χ1) is 11.9. The van der Waals surface area contributed by atoms with Crippen LogP contribution >= 0.6 is 0 Å². The number of allylic oxidation sites excluding steroid dienone is 2. The number of aromatic amines is 1. The third kappa shape index (κ3) is 2.20. The second-order valence-electron chi connectivity index (χ2n) is 8.12. The van der Waals surface area contributed by atoms with Crippen molar-refractivity contribution in [2.45, 2.75) is 52.4 Å². The SMILES string of the molecule is CCC1(c2ccccc2)C2=C(CC(C)(C)CC2=O)Nc2n[nH]c(C)c21. The van der Waals surface area contributed by atoms with E-state index in [4.69, 9.17) is 0 Å². The van der Waals surface area contributed by atoms with Crippen molar-refractivity contribution in [3.8, 4) is 0 Å². The second kappa shape index (κ2) is 5.32. The van der Waals surface area contributed by atoms with Crippen LogP contribution in [0.4, 0.5) is 5.82 Å². The minimum Gasteiger partial charge on any atom is -0.342 e. The first-order valence-corrected chi connectivity index (χ1v) is 9.04. The number of ketones is 1. The lowest BCUT2D eigenvalue weighted by Gasteiger charge is -2.45. The van der Waals surface area contributed by atoms with Crippen LogP contribution in [0.25, 0.3) is 0 Å². The van der Waals surface area contributed by atoms with Crippen molar-refractivity contribution in [3.05, 3.63) is 58.4 Å². The minimum absolute atomic E-state index is 0.0259. The molecule has 0 saturated heterocycles. The quantitative estimate of drug-likeness (QED) is 0.850. The number of hydrogen-bond donors (Lipinski definition) is 2. The summed E-state index contributed by atoms with van der Waals surface area (Å²) in [6.45, 7) is 8.55. The molecule has 0 bridgehead atoms. The van der Waals surface area contributed by atoms with Crippen LogP contribution in [0, 0.1) is 12.3 Å². The van der Waals surface area contributed by atoms with Gasteiger partial charge in [-0.3, -0.25) is 9.89 Å². The molecule has 1 aromatic carbocycles. The Morgan fingerprint density at radius 1 is 1.16 bits per heavy atom. The van der Waals surface area contributed by atoms with E-state index in [0.29, 0.717) is 6.42 Å². The molecule has 25 heavy (non-hydrogen) atoms. The van der Waals surface area contributed by atoms with Gasteiger partial charge in [0.1, 0.15) is 0 Å². The van der Waals surface area contributed by atoms with E-state index < -0.39 is 5.41 Å². The lowest BCUT2D eigenvalue weighted by Crippen LogP contribution is -2.43. The number of nitrogens with zero attached hydrogens (tertiary/aromatic N) is 1. The fourth-order valence-electron chi connectivity index (χ4n) is 4.80. The number of hydrogen-bond acceptors (Lipinski definition) is 3. The van der Waals surface area contributed by atoms with Crippen LogP contribution in [0.1, 0.15) is 56.9 Å². The number of benzene rings is 1. The highest BCUT2D eigenvalue weighted by Crippen LogP contribution is 2.54. The van der Waals surface area contributed by atoms with Gasteiger partial charge in [-0.25, -0.2) is 0 Å². The van der Waals surface area contributed by atoms with E-state index in [9.17, 15) is 4.79 Å². The third-order valence-electron chi connectivity index (χ3n) is 5.74. The Kier molecular flexibility index (Phi) is 3.43. The van der Waals surface area contributed by atoms with Crippen LogP contribution in [-0.2, 0) is 10.2 Å². The predicted octanol–water partition coefficient (Wildman–Crippen LogP) is 4.48. The monoisotopic (exact) mass is 335 g/mol. The van der Waals surface area contributed by atoms with E-state index in [0.717, 1.165) is 41.2 Å². The first-order valence-electron chi connectivity index (χ1n) is 9.04. The minimum atomic E-state index is -0.429. The molecule has 1 aliphatic heterocycles. The number of fused-ring (bicyclic) bond motifs is 1. The molecule has 0 saturated carbocycles. The number of carbonyl (C=O) groups excluding carboxylic acids is 1. The van der Waals surface area contributed by atoms with Crippen LogP contribution in [0.2, 0.25) is 0 Å². The highest BCUT2D eigenvalue weighted by atomic mass is 16.1. The van der Waals surface area contributed by atoms with E-state index in [2.05, 4.69) is 60.6 Å². The summed E-state index contributed by atoms with van der Waals surface area (Å²) in [6.07, 6.45) is 2.29. The third-order valence-corrected chi connectivity index (χ3v) is 5.74. The van der Waals surface area contributed by atoms with E-state index in [-0.39, 0.29) is 11.2 Å². The molecule has 4 rings (SSSR count). The average molecular weight is 335 g/mol. The molecule has 2 heterocycles. The molecule has 2 N–H and O–H groups in total. The van der Waals surface area contributed by atoms with Crippen molar-refractivity contribution in [2.75, 3.05) is 5.32 Å². The topological polar surface area (TPSA) is 57.8 Å². The lowest BCUT2D eigenvalue weighted by molar-refractivity contribution is -0.118. The highest BCUT2D eigenvalue weighted by molar-refractivity contribution is 6.03. The normalized spacial score (nSPS) is 24.6. The van der Waals surface area contributed by atoms with Crippen molar-refractivity contribution in [1.29, 1.82) is 0 Å². The fraction of sp³-hybridized carbons (Fsp3) is 0.429. The van der Waals surface area contributed by atoms with Gasteiger partial charge in [-0.1, -0.05) is 51.1 Å². The van der Waals surface area contributed by atoms with E-state index in [1.807, 2.05) is 13.0 Å². The lowest BCUT2D eigenvalue weighted by atomic mass is 9.59. The molecule has 2 aromatic rings. The maximum Gasteiger partial charge on any atom is 0.162 e. The van der Waals surface area contributed by atoms with Crippen molar-refractivity contribution in [1.82, 2.24) is 10.2 Å². The van der Waals surface area contributed by atoms with E-state index in [1.54, 1.807) is 0 Å². The second-order valence-corrected chi connectivity index (χ2v) is 8.12. The van der Waals surface area contributed by atoms with Gasteiger partial charge in [-0.05, 0) is 30.7 Å². The maximum absolute atomic E-state index is 13.3. The zero-order chi connectivity index (χ0) is 17.8. The number of nitrogens with one attached hydrogen (secondary N) is 2. The molecule has 0 spiro atoms. The van der Waals surface area contributed by atoms with Crippen LogP contribution in [-0.4, -0.2) is 16.0 Å². The summed E-state index contributed by atoms with van der Waals surface area (Å²) in [5.41, 5.74) is 4.85. The van der Waals surface area contributed by atoms with Gasteiger partial charge in [0.05, 0.1) is 5.41 Å². The van der Waals surface area contributed by atoms with Gasteiger partial charge in [-0.15, -0.1) is 0 Å². The number of aryl methyl sites for hydroxylation is 1. The maximum atomic E-state index is 13.3. The molecular formula is C21H25N3O. The number of rotatable bonds is 2. The summed E-state index contributed by atoms with van der Waals surface area (Å²) in [7, 11) is 0. The van der Waals surface area contributed by atoms with Crippen LogP contribution in [0.3, 0.4) is 0 Å². The summed E-state index contributed by atoms with van der Waals surface area (Å²) >= 11 is 0. The number of aromatic nitrogens is 2. The molecule has 4 heteroatoms. The molecule has 2 aliphatic rings. The number of H-pyrrole nitrogens is 1. The standard InChI is InChI=1S/C21H25N3O/c1-5-21(14-9-7-6-8-10-14)17-13(2)23-24-19(17)22-15-11-20(3,4)12-16(25)18(15)21/h6-10H,5,11-12H2,1-4H3,(H2,22,23,24). The highest BCUT2D eigenvalue weighted by Gasteiger charge is 2.50. The molecule has 1 aromatic heterocycles. The van der Waals surface area contributed by atoms with Crippen LogP contribution in [0.5, 0.6) is 0 Å². The Morgan fingerprint density at radius 2 is 1.88 bits per heavy atom. The van der Waals surface area contributed by atoms with Crippen LogP contribution in [0.15, 0.2) is 41.6 Å². The fourth-order valence-corrected chi connectivity index (χ4v) is 4.80. The van der Waals surface area contributed by atoms with Gasteiger partial charge in [-0.2, -0.15) is 5.10 Å². The Labute approximate surface area is 148 Å². The van der Waals surface area contributed by atoms with Crippen molar-refractivity contribution >= 4 is 11.6 Å². The van der Waals surface area contributed by atoms with Gasteiger partial charge < -0.3 is 5.32 Å². The number of anilines is 1. The Morgan fingerprint density at radius 3 is 2.56 bits per heavy atom.